The van der Waals surface area contributed by atoms with Gasteiger partial charge in [-0.25, -0.2) is 0 Å². The van der Waals surface area contributed by atoms with Crippen molar-refractivity contribution in [3.05, 3.63) is 24.3 Å². The number of ether oxygens (including phenoxy) is 3. The molecule has 0 saturated carbocycles. The van der Waals surface area contributed by atoms with Gasteiger partial charge in [-0.05, 0) is 12.1 Å². The standard InChI is InChI=1S/C15H19NO5S/c1-19-11-5-3-4-6-12(11)21-10-14-16(7-8-22-14)13(17)9-15(18)20-2/h3-6,14H,7-10H2,1-2H3/t14-/m0/s1. The molecular weight excluding hydrogens is 306 g/mol. The third-order valence-electron chi connectivity index (χ3n) is 3.28. The number of esters is 1. The molecule has 1 aliphatic rings. The number of rotatable bonds is 6. The number of thioether (sulfide) groups is 1. The topological polar surface area (TPSA) is 65.1 Å². The van der Waals surface area contributed by atoms with Gasteiger partial charge < -0.3 is 19.1 Å². The Labute approximate surface area is 133 Å². The van der Waals surface area contributed by atoms with Gasteiger partial charge in [-0.2, -0.15) is 0 Å². The van der Waals surface area contributed by atoms with Crippen LogP contribution in [0.2, 0.25) is 0 Å². The SMILES string of the molecule is COC(=O)CC(=O)N1CCS[C@H]1COc1ccccc1OC. The smallest absolute Gasteiger partial charge is 0.315 e. The molecule has 0 spiro atoms. The Morgan fingerprint density at radius 1 is 1.27 bits per heavy atom. The van der Waals surface area contributed by atoms with Gasteiger partial charge in [-0.3, -0.25) is 9.59 Å². The summed E-state index contributed by atoms with van der Waals surface area (Å²) >= 11 is 1.63. The molecule has 0 aromatic heterocycles. The number of hydrogen-bond donors (Lipinski definition) is 0. The minimum atomic E-state index is -0.522. The first-order chi connectivity index (χ1) is 10.7. The van der Waals surface area contributed by atoms with Gasteiger partial charge in [0, 0.05) is 12.3 Å². The maximum absolute atomic E-state index is 12.1. The van der Waals surface area contributed by atoms with Crippen molar-refractivity contribution in [1.82, 2.24) is 4.90 Å². The Bertz CT molecular complexity index is 536. The van der Waals surface area contributed by atoms with E-state index in [0.29, 0.717) is 24.7 Å². The van der Waals surface area contributed by atoms with E-state index in [1.807, 2.05) is 24.3 Å². The van der Waals surface area contributed by atoms with E-state index in [9.17, 15) is 9.59 Å². The largest absolute Gasteiger partial charge is 0.493 e. The monoisotopic (exact) mass is 325 g/mol. The number of methoxy groups -OCH3 is 2. The van der Waals surface area contributed by atoms with Gasteiger partial charge in [0.1, 0.15) is 18.4 Å². The summed E-state index contributed by atoms with van der Waals surface area (Å²) < 4.78 is 15.5. The zero-order valence-corrected chi connectivity index (χ0v) is 13.4. The summed E-state index contributed by atoms with van der Waals surface area (Å²) in [6.45, 7) is 0.957. The molecule has 7 heteroatoms. The molecule has 0 bridgehead atoms. The first-order valence-electron chi connectivity index (χ1n) is 6.89. The van der Waals surface area contributed by atoms with Crippen molar-refractivity contribution in [3.8, 4) is 11.5 Å². The molecular formula is C15H19NO5S. The number of para-hydroxylation sites is 2. The van der Waals surface area contributed by atoms with Crippen molar-refractivity contribution in [2.75, 3.05) is 33.1 Å². The van der Waals surface area contributed by atoms with Crippen LogP contribution in [0.15, 0.2) is 24.3 Å². The Morgan fingerprint density at radius 2 is 2.00 bits per heavy atom. The van der Waals surface area contributed by atoms with E-state index in [2.05, 4.69) is 4.74 Å². The van der Waals surface area contributed by atoms with Crippen LogP contribution in [-0.2, 0) is 14.3 Å². The summed E-state index contributed by atoms with van der Waals surface area (Å²) in [6.07, 6.45) is -0.234. The predicted molar refractivity (Wildman–Crippen MR) is 83.1 cm³/mol. The number of amides is 1. The summed E-state index contributed by atoms with van der Waals surface area (Å²) in [5.74, 6) is 1.36. The van der Waals surface area contributed by atoms with Crippen molar-refractivity contribution in [1.29, 1.82) is 0 Å². The molecule has 0 N–H and O–H groups in total. The summed E-state index contributed by atoms with van der Waals surface area (Å²) in [7, 11) is 2.86. The van der Waals surface area contributed by atoms with Crippen LogP contribution in [-0.4, -0.2) is 55.3 Å². The minimum Gasteiger partial charge on any atom is -0.493 e. The lowest BCUT2D eigenvalue weighted by molar-refractivity contribution is -0.147. The maximum atomic E-state index is 12.1. The fraction of sp³-hybridized carbons (Fsp3) is 0.467. The van der Waals surface area contributed by atoms with E-state index >= 15 is 0 Å². The van der Waals surface area contributed by atoms with Crippen LogP contribution in [0.4, 0.5) is 0 Å². The molecule has 0 unspecified atom stereocenters. The van der Waals surface area contributed by atoms with E-state index < -0.39 is 5.97 Å². The predicted octanol–water partition coefficient (Wildman–Crippen LogP) is 1.54. The lowest BCUT2D eigenvalue weighted by Gasteiger charge is -2.23. The van der Waals surface area contributed by atoms with Gasteiger partial charge in [-0.1, -0.05) is 12.1 Å². The molecule has 1 aromatic rings. The molecule has 120 valence electrons. The molecule has 6 nitrogen and oxygen atoms in total. The lowest BCUT2D eigenvalue weighted by Crippen LogP contribution is -2.39. The lowest BCUT2D eigenvalue weighted by atomic mass is 10.3. The second-order valence-electron chi connectivity index (χ2n) is 4.63. The molecule has 1 aromatic carbocycles. The third kappa shape index (κ3) is 4.07. The molecule has 2 rings (SSSR count). The zero-order valence-electron chi connectivity index (χ0n) is 12.6. The van der Waals surface area contributed by atoms with Crippen molar-refractivity contribution in [2.45, 2.75) is 11.8 Å². The van der Waals surface area contributed by atoms with Crippen LogP contribution in [0.1, 0.15) is 6.42 Å². The van der Waals surface area contributed by atoms with Crippen LogP contribution >= 0.6 is 11.8 Å². The highest BCUT2D eigenvalue weighted by Crippen LogP contribution is 2.29. The number of carbonyl (C=O) groups is 2. The summed E-state index contributed by atoms with van der Waals surface area (Å²) in [5.41, 5.74) is 0. The molecule has 22 heavy (non-hydrogen) atoms. The Hall–Kier alpha value is -1.89. The van der Waals surface area contributed by atoms with E-state index in [0.717, 1.165) is 5.75 Å². The van der Waals surface area contributed by atoms with E-state index in [4.69, 9.17) is 9.47 Å². The Kier molecular flexibility index (Phi) is 5.94. The third-order valence-corrected chi connectivity index (χ3v) is 4.48. The average Bonchev–Trinajstić information content (AvgIpc) is 3.01. The fourth-order valence-electron chi connectivity index (χ4n) is 2.14. The first-order valence-corrected chi connectivity index (χ1v) is 7.94. The molecule has 0 radical (unpaired) electrons. The minimum absolute atomic E-state index is 0.109. The van der Waals surface area contributed by atoms with E-state index in [-0.39, 0.29) is 17.7 Å². The quantitative estimate of drug-likeness (QED) is 0.584. The van der Waals surface area contributed by atoms with Crippen LogP contribution in [0.5, 0.6) is 11.5 Å². The van der Waals surface area contributed by atoms with Crippen molar-refractivity contribution >= 4 is 23.6 Å². The Morgan fingerprint density at radius 3 is 2.68 bits per heavy atom. The second kappa shape index (κ2) is 7.93. The van der Waals surface area contributed by atoms with Crippen LogP contribution in [0.3, 0.4) is 0 Å². The number of benzene rings is 1. The van der Waals surface area contributed by atoms with E-state index in [1.165, 1.54) is 7.11 Å². The molecule has 1 aliphatic heterocycles. The van der Waals surface area contributed by atoms with Gasteiger partial charge in [-0.15, -0.1) is 11.8 Å². The average molecular weight is 325 g/mol. The second-order valence-corrected chi connectivity index (χ2v) is 5.91. The van der Waals surface area contributed by atoms with Crippen molar-refractivity contribution in [2.24, 2.45) is 0 Å². The van der Waals surface area contributed by atoms with Crippen LogP contribution in [0, 0.1) is 0 Å². The van der Waals surface area contributed by atoms with Gasteiger partial charge in [0.15, 0.2) is 11.5 Å². The van der Waals surface area contributed by atoms with Gasteiger partial charge in [0.05, 0.1) is 14.2 Å². The first kappa shape index (κ1) is 16.5. The van der Waals surface area contributed by atoms with Gasteiger partial charge in [0.25, 0.3) is 0 Å². The highest BCUT2D eigenvalue weighted by molar-refractivity contribution is 8.00. The molecule has 1 amide bonds. The molecule has 1 atom stereocenters. The fourth-order valence-corrected chi connectivity index (χ4v) is 3.28. The summed E-state index contributed by atoms with van der Waals surface area (Å²) in [4.78, 5) is 25.0. The molecule has 1 saturated heterocycles. The van der Waals surface area contributed by atoms with Crippen molar-refractivity contribution in [3.63, 3.8) is 0 Å². The van der Waals surface area contributed by atoms with E-state index in [1.54, 1.807) is 23.8 Å². The van der Waals surface area contributed by atoms with Gasteiger partial charge in [0.2, 0.25) is 5.91 Å². The maximum Gasteiger partial charge on any atom is 0.315 e. The van der Waals surface area contributed by atoms with Gasteiger partial charge >= 0.3 is 5.97 Å². The molecule has 0 aliphatic carbocycles. The van der Waals surface area contributed by atoms with Crippen LogP contribution in [0.25, 0.3) is 0 Å². The van der Waals surface area contributed by atoms with Crippen LogP contribution < -0.4 is 9.47 Å². The number of carbonyl (C=O) groups excluding carboxylic acids is 2. The molecule has 1 heterocycles. The number of nitrogens with zero attached hydrogens (tertiary/aromatic N) is 1. The normalized spacial score (nSPS) is 17.2. The summed E-state index contributed by atoms with van der Waals surface area (Å²) in [6, 6.07) is 7.36. The molecule has 1 fully saturated rings. The summed E-state index contributed by atoms with van der Waals surface area (Å²) in [5, 5.41) is -0.109. The zero-order chi connectivity index (χ0) is 15.9. The highest BCUT2D eigenvalue weighted by Gasteiger charge is 2.31. The highest BCUT2D eigenvalue weighted by atomic mass is 32.2. The number of hydrogen-bond acceptors (Lipinski definition) is 6. The van der Waals surface area contributed by atoms with Crippen molar-refractivity contribution < 1.29 is 23.8 Å². The Balaban J connectivity index is 1.94.